The summed E-state index contributed by atoms with van der Waals surface area (Å²) in [7, 11) is 2.61. The zero-order chi connectivity index (χ0) is 22.1. The molecule has 0 heterocycles. The fourth-order valence-corrected chi connectivity index (χ4v) is 1.85. The number of halogens is 3. The van der Waals surface area contributed by atoms with Gasteiger partial charge in [0.05, 0.1) is 20.1 Å². The molecular formula is C20H23BrCl2O6. The Balaban J connectivity index is 0.000000466. The lowest BCUT2D eigenvalue weighted by Crippen LogP contribution is -2.06. The lowest BCUT2D eigenvalue weighted by atomic mass is 10.2. The number of carbonyl (C=O) groups is 2. The van der Waals surface area contributed by atoms with Gasteiger partial charge in [-0.2, -0.15) is 0 Å². The molecule has 0 aliphatic carbocycles. The molecule has 2 aromatic carbocycles. The summed E-state index contributed by atoms with van der Waals surface area (Å²) in [6, 6.07) is 13.1. The highest BCUT2D eigenvalue weighted by molar-refractivity contribution is 9.09. The largest absolute Gasteiger partial charge is 0.507 e. The first-order chi connectivity index (χ1) is 14.0. The third kappa shape index (κ3) is 11.0. The van der Waals surface area contributed by atoms with Crippen LogP contribution >= 0.6 is 39.1 Å². The predicted octanol–water partition coefficient (Wildman–Crippen LogP) is 4.89. The second-order valence-corrected chi connectivity index (χ2v) is 6.46. The molecule has 160 valence electrons. The number of phenolic OH excluding ortho intramolecular Hbond substituents is 1. The van der Waals surface area contributed by atoms with Crippen molar-refractivity contribution in [3.8, 4) is 11.5 Å². The number of phenols is 1. The Hall–Kier alpha value is -1.96. The molecule has 1 N–H and O–H groups in total. The summed E-state index contributed by atoms with van der Waals surface area (Å²) in [6.45, 7) is 0.371. The summed E-state index contributed by atoms with van der Waals surface area (Å²) in [5.74, 6) is 0.604. The van der Waals surface area contributed by atoms with Crippen molar-refractivity contribution in [2.45, 2.75) is 0 Å². The van der Waals surface area contributed by atoms with Crippen LogP contribution in [-0.2, 0) is 9.47 Å². The monoisotopic (exact) mass is 508 g/mol. The van der Waals surface area contributed by atoms with E-state index in [2.05, 4.69) is 25.4 Å². The Labute approximate surface area is 188 Å². The van der Waals surface area contributed by atoms with E-state index in [0.717, 1.165) is 5.33 Å². The number of aromatic hydroxyl groups is 1. The van der Waals surface area contributed by atoms with Gasteiger partial charge >= 0.3 is 11.9 Å². The van der Waals surface area contributed by atoms with Crippen LogP contribution in [0.25, 0.3) is 0 Å². The third-order valence-electron chi connectivity index (χ3n) is 3.01. The first kappa shape index (κ1) is 27.0. The number of ether oxygens (including phenoxy) is 3. The minimum absolute atomic E-state index is 0.0562. The third-order valence-corrected chi connectivity index (χ3v) is 4.20. The van der Waals surface area contributed by atoms with Crippen molar-refractivity contribution in [3.63, 3.8) is 0 Å². The molecule has 9 heteroatoms. The van der Waals surface area contributed by atoms with Crippen molar-refractivity contribution < 1.29 is 28.9 Å². The Morgan fingerprint density at radius 1 is 0.897 bits per heavy atom. The summed E-state index contributed by atoms with van der Waals surface area (Å²) >= 11 is 13.7. The lowest BCUT2D eigenvalue weighted by molar-refractivity contribution is 0.0587. The first-order valence-corrected chi connectivity index (χ1v) is 10.5. The molecule has 0 radical (unpaired) electrons. The van der Waals surface area contributed by atoms with Gasteiger partial charge in [-0.05, 0) is 24.3 Å². The number of benzene rings is 2. The average Bonchev–Trinajstić information content (AvgIpc) is 2.77. The average molecular weight is 510 g/mol. The van der Waals surface area contributed by atoms with Gasteiger partial charge in [-0.3, -0.25) is 0 Å². The smallest absolute Gasteiger partial charge is 0.341 e. The van der Waals surface area contributed by atoms with Crippen molar-refractivity contribution in [1.82, 2.24) is 0 Å². The highest BCUT2D eigenvalue weighted by atomic mass is 79.9. The number of alkyl halides is 3. The van der Waals surface area contributed by atoms with Crippen molar-refractivity contribution in [1.29, 1.82) is 0 Å². The molecule has 29 heavy (non-hydrogen) atoms. The molecule has 0 bridgehead atoms. The van der Waals surface area contributed by atoms with Crippen LogP contribution in [0, 0.1) is 0 Å². The summed E-state index contributed by atoms with van der Waals surface area (Å²) < 4.78 is 14.3. The van der Waals surface area contributed by atoms with E-state index in [0.29, 0.717) is 29.7 Å². The molecule has 0 amide bonds. The molecule has 0 spiro atoms. The van der Waals surface area contributed by atoms with E-state index in [1.54, 1.807) is 36.4 Å². The van der Waals surface area contributed by atoms with Crippen molar-refractivity contribution in [2.75, 3.05) is 37.9 Å². The molecule has 2 aromatic rings. The van der Waals surface area contributed by atoms with E-state index in [9.17, 15) is 9.59 Å². The predicted molar refractivity (Wildman–Crippen MR) is 118 cm³/mol. The molecule has 0 aliphatic heterocycles. The number of methoxy groups -OCH3 is 2. The van der Waals surface area contributed by atoms with Gasteiger partial charge in [-0.15, -0.1) is 23.2 Å². The van der Waals surface area contributed by atoms with E-state index in [-0.39, 0.29) is 11.3 Å². The van der Waals surface area contributed by atoms with E-state index in [1.807, 2.05) is 0 Å². The van der Waals surface area contributed by atoms with E-state index in [4.69, 9.17) is 33.0 Å². The molecule has 0 saturated carbocycles. The van der Waals surface area contributed by atoms with Crippen LogP contribution in [0.4, 0.5) is 0 Å². The fourth-order valence-electron chi connectivity index (χ4n) is 1.78. The summed E-state index contributed by atoms with van der Waals surface area (Å²) in [6.07, 6.45) is 0. The zero-order valence-corrected chi connectivity index (χ0v) is 19.2. The molecule has 6 nitrogen and oxygen atoms in total. The van der Waals surface area contributed by atoms with Crippen molar-refractivity contribution in [3.05, 3.63) is 59.7 Å². The number of hydrogen-bond acceptors (Lipinski definition) is 6. The van der Waals surface area contributed by atoms with Gasteiger partial charge in [-0.25, -0.2) is 9.59 Å². The van der Waals surface area contributed by atoms with E-state index < -0.39 is 11.9 Å². The first-order valence-electron chi connectivity index (χ1n) is 8.31. The highest BCUT2D eigenvalue weighted by Crippen LogP contribution is 2.18. The lowest BCUT2D eigenvalue weighted by Gasteiger charge is -2.08. The van der Waals surface area contributed by atoms with Gasteiger partial charge in [0, 0.05) is 11.2 Å². The number of carbonyl (C=O) groups excluding carboxylic acids is 2. The van der Waals surface area contributed by atoms with Crippen molar-refractivity contribution >= 4 is 51.1 Å². The minimum Gasteiger partial charge on any atom is -0.507 e. The number of para-hydroxylation sites is 2. The topological polar surface area (TPSA) is 82.1 Å². The zero-order valence-electron chi connectivity index (χ0n) is 16.1. The maximum absolute atomic E-state index is 11.3. The molecule has 2 rings (SSSR count). The molecular weight excluding hydrogens is 487 g/mol. The second kappa shape index (κ2) is 16.9. The van der Waals surface area contributed by atoms with E-state index in [1.165, 1.54) is 26.4 Å². The van der Waals surface area contributed by atoms with Crippen LogP contribution in [0.1, 0.15) is 20.7 Å². The quantitative estimate of drug-likeness (QED) is 0.441. The Morgan fingerprint density at radius 2 is 1.38 bits per heavy atom. The van der Waals surface area contributed by atoms with Crippen LogP contribution < -0.4 is 4.74 Å². The SMILES string of the molecule is COC(=O)c1ccccc1O.COC(=O)c1ccccc1OCCCl.ClCCBr. The molecule has 0 fully saturated rings. The molecule has 0 saturated heterocycles. The van der Waals surface area contributed by atoms with Crippen LogP contribution in [0.3, 0.4) is 0 Å². The molecule has 0 aliphatic rings. The second-order valence-electron chi connectivity index (χ2n) is 4.91. The Kier molecular flexibility index (Phi) is 15.8. The highest BCUT2D eigenvalue weighted by Gasteiger charge is 2.11. The van der Waals surface area contributed by atoms with Crippen molar-refractivity contribution in [2.24, 2.45) is 0 Å². The summed E-state index contributed by atoms with van der Waals surface area (Å²) in [5, 5.41) is 10.0. The summed E-state index contributed by atoms with van der Waals surface area (Å²) in [4.78, 5) is 22.1. The number of rotatable bonds is 6. The van der Waals surface area contributed by atoms with Crippen LogP contribution in [-0.4, -0.2) is 55.0 Å². The molecule has 0 aromatic heterocycles. The van der Waals surface area contributed by atoms with Gasteiger partial charge in [0.25, 0.3) is 0 Å². The van der Waals surface area contributed by atoms with Gasteiger partial charge in [0.2, 0.25) is 0 Å². The van der Waals surface area contributed by atoms with Gasteiger partial charge < -0.3 is 19.3 Å². The number of hydrogen-bond donors (Lipinski definition) is 1. The van der Waals surface area contributed by atoms with Crippen LogP contribution in [0.15, 0.2) is 48.5 Å². The normalized spacial score (nSPS) is 9.14. The van der Waals surface area contributed by atoms with E-state index >= 15 is 0 Å². The maximum Gasteiger partial charge on any atom is 0.341 e. The minimum atomic E-state index is -0.525. The molecule has 0 atom stereocenters. The molecule has 0 unspecified atom stereocenters. The van der Waals surface area contributed by atoms with Gasteiger partial charge in [0.15, 0.2) is 0 Å². The Morgan fingerprint density at radius 3 is 1.86 bits per heavy atom. The van der Waals surface area contributed by atoms with Crippen LogP contribution in [0.5, 0.6) is 11.5 Å². The standard InChI is InChI=1S/C10H11ClO3.C8H8O3.C2H4BrCl/c1-13-10(12)8-4-2-3-5-9(8)14-7-6-11;1-11-8(10)6-4-2-3-5-7(6)9;3-1-2-4/h2-5H,6-7H2,1H3;2-5,9H,1H3;1-2H2. The summed E-state index contributed by atoms with van der Waals surface area (Å²) in [5.41, 5.74) is 0.607. The Bertz CT molecular complexity index is 740. The maximum atomic E-state index is 11.3. The van der Waals surface area contributed by atoms with Crippen LogP contribution in [0.2, 0.25) is 0 Å². The van der Waals surface area contributed by atoms with Gasteiger partial charge in [0.1, 0.15) is 29.2 Å². The van der Waals surface area contributed by atoms with Gasteiger partial charge in [-0.1, -0.05) is 40.2 Å². The number of esters is 2. The fraction of sp³-hybridized carbons (Fsp3) is 0.300.